The monoisotopic (exact) mass is 447 g/mol. The van der Waals surface area contributed by atoms with Crippen molar-refractivity contribution in [1.29, 1.82) is 0 Å². The number of ether oxygens (including phenoxy) is 2. The number of fused-ring (bicyclic) bond motifs is 4. The molecule has 0 aliphatic carbocycles. The van der Waals surface area contributed by atoms with Gasteiger partial charge in [0.15, 0.2) is 0 Å². The maximum Gasteiger partial charge on any atom is 0.142 e. The van der Waals surface area contributed by atoms with E-state index in [0.29, 0.717) is 13.2 Å². The van der Waals surface area contributed by atoms with E-state index in [0.717, 1.165) is 31.7 Å². The van der Waals surface area contributed by atoms with Crippen LogP contribution in [0, 0.1) is 0 Å². The summed E-state index contributed by atoms with van der Waals surface area (Å²) in [5.74, 6) is 0.982. The summed E-state index contributed by atoms with van der Waals surface area (Å²) in [7, 11) is 1.81. The van der Waals surface area contributed by atoms with Crippen molar-refractivity contribution in [2.24, 2.45) is 0 Å². The van der Waals surface area contributed by atoms with Crippen molar-refractivity contribution in [2.45, 2.75) is 32.5 Å². The highest BCUT2D eigenvalue weighted by atomic mass is 16.5. The zero-order chi connectivity index (χ0) is 22.9. The topological polar surface area (TPSA) is 21.7 Å². The fraction of sp³-hybridized carbons (Fsp3) is 0.226. The Morgan fingerprint density at radius 2 is 1.35 bits per heavy atom. The lowest BCUT2D eigenvalue weighted by atomic mass is 9.81. The van der Waals surface area contributed by atoms with Gasteiger partial charge in [0.1, 0.15) is 5.75 Å². The van der Waals surface area contributed by atoms with Crippen LogP contribution in [0.1, 0.15) is 28.7 Å². The summed E-state index contributed by atoms with van der Waals surface area (Å²) in [5.41, 5.74) is 12.1. The molecule has 2 aliphatic rings. The Labute approximate surface area is 201 Å². The van der Waals surface area contributed by atoms with Gasteiger partial charge in [-0.1, -0.05) is 72.8 Å². The van der Waals surface area contributed by atoms with Crippen LogP contribution in [0.5, 0.6) is 5.75 Å². The summed E-state index contributed by atoms with van der Waals surface area (Å²) >= 11 is 0. The highest BCUT2D eigenvalue weighted by Crippen LogP contribution is 2.47. The van der Waals surface area contributed by atoms with Crippen LogP contribution >= 0.6 is 0 Å². The van der Waals surface area contributed by atoms with E-state index in [1.165, 1.54) is 50.2 Å². The maximum atomic E-state index is 6.30. The van der Waals surface area contributed by atoms with Crippen LogP contribution in [0.4, 0.5) is 5.69 Å². The molecule has 3 bridgehead atoms. The smallest absolute Gasteiger partial charge is 0.142 e. The Balaban J connectivity index is 1.68. The van der Waals surface area contributed by atoms with Crippen LogP contribution < -0.4 is 9.64 Å². The van der Waals surface area contributed by atoms with E-state index in [2.05, 4.69) is 89.8 Å². The molecule has 6 rings (SSSR count). The van der Waals surface area contributed by atoms with Gasteiger partial charge in [-0.15, -0.1) is 0 Å². The predicted octanol–water partition coefficient (Wildman–Crippen LogP) is 7.01. The van der Waals surface area contributed by atoms with Gasteiger partial charge < -0.3 is 14.4 Å². The molecule has 0 radical (unpaired) electrons. The third-order valence-electron chi connectivity index (χ3n) is 7.08. The molecule has 0 saturated heterocycles. The van der Waals surface area contributed by atoms with Crippen molar-refractivity contribution in [2.75, 3.05) is 18.6 Å². The standard InChI is InChI=1S/C31H29NO2/c1-33-21-27-24-15-10-18-34-29-17-9-8-16-28(29)32-19-25(30(24)22-11-4-2-5-12-22)26(20-32)31(27)23-13-6-3-7-14-23/h2-9,11-14,16-17H,10,15,18-21H2,1H3. The Morgan fingerprint density at radius 3 is 2.06 bits per heavy atom. The van der Waals surface area contributed by atoms with Crippen LogP contribution in [-0.4, -0.2) is 13.7 Å². The van der Waals surface area contributed by atoms with E-state index in [9.17, 15) is 0 Å². The van der Waals surface area contributed by atoms with Crippen LogP contribution in [0.3, 0.4) is 0 Å². The molecule has 0 unspecified atom stereocenters. The average molecular weight is 448 g/mol. The maximum absolute atomic E-state index is 6.30. The minimum Gasteiger partial charge on any atom is -0.491 e. The third-order valence-corrected chi connectivity index (χ3v) is 7.08. The molecule has 34 heavy (non-hydrogen) atoms. The molecule has 0 atom stereocenters. The Bertz CT molecular complexity index is 1310. The second-order valence-corrected chi connectivity index (χ2v) is 9.11. The van der Waals surface area contributed by atoms with E-state index in [-0.39, 0.29) is 0 Å². The number of nitrogens with zero attached hydrogens (tertiary/aromatic N) is 1. The van der Waals surface area contributed by atoms with Crippen molar-refractivity contribution < 1.29 is 9.47 Å². The van der Waals surface area contributed by atoms with Crippen molar-refractivity contribution in [3.8, 4) is 28.0 Å². The number of rotatable bonds is 4. The van der Waals surface area contributed by atoms with E-state index in [1.54, 1.807) is 0 Å². The molecule has 2 aliphatic heterocycles. The molecule has 0 amide bonds. The third kappa shape index (κ3) is 3.57. The second kappa shape index (κ2) is 9.00. The van der Waals surface area contributed by atoms with Crippen LogP contribution in [0.2, 0.25) is 0 Å². The molecule has 4 aromatic rings. The lowest BCUT2D eigenvalue weighted by Gasteiger charge is -2.24. The minimum absolute atomic E-state index is 0.601. The average Bonchev–Trinajstić information content (AvgIpc) is 3.31. The molecular formula is C31H29NO2. The summed E-state index contributed by atoms with van der Waals surface area (Å²) in [6.45, 7) is 3.03. The molecule has 0 saturated carbocycles. The fourth-order valence-corrected chi connectivity index (χ4v) is 5.68. The molecule has 0 spiro atoms. The first-order valence-electron chi connectivity index (χ1n) is 12.1. The first kappa shape index (κ1) is 21.0. The van der Waals surface area contributed by atoms with Crippen LogP contribution in [0.15, 0.2) is 84.9 Å². The van der Waals surface area contributed by atoms with Gasteiger partial charge in [0.05, 0.1) is 18.9 Å². The highest BCUT2D eigenvalue weighted by molar-refractivity contribution is 5.85. The number of hydrogen-bond donors (Lipinski definition) is 0. The normalized spacial score (nSPS) is 14.4. The van der Waals surface area contributed by atoms with Gasteiger partial charge in [-0.2, -0.15) is 0 Å². The van der Waals surface area contributed by atoms with Gasteiger partial charge in [0.25, 0.3) is 0 Å². The summed E-state index contributed by atoms with van der Waals surface area (Å²) in [6, 6.07) is 30.3. The minimum atomic E-state index is 0.601. The first-order chi connectivity index (χ1) is 16.8. The number of anilines is 1. The van der Waals surface area contributed by atoms with Gasteiger partial charge in [-0.05, 0) is 69.5 Å². The largest absolute Gasteiger partial charge is 0.491 e. The number of benzene rings is 4. The number of para-hydroxylation sites is 2. The zero-order valence-electron chi connectivity index (χ0n) is 19.6. The van der Waals surface area contributed by atoms with E-state index >= 15 is 0 Å². The molecule has 170 valence electrons. The van der Waals surface area contributed by atoms with Crippen molar-refractivity contribution >= 4 is 5.69 Å². The summed E-state index contributed by atoms with van der Waals surface area (Å²) in [4.78, 5) is 2.48. The van der Waals surface area contributed by atoms with Crippen molar-refractivity contribution in [1.82, 2.24) is 0 Å². The number of hydrogen-bond acceptors (Lipinski definition) is 3. The van der Waals surface area contributed by atoms with Crippen molar-refractivity contribution in [3.63, 3.8) is 0 Å². The van der Waals surface area contributed by atoms with Gasteiger partial charge >= 0.3 is 0 Å². The van der Waals surface area contributed by atoms with Crippen LogP contribution in [-0.2, 0) is 30.9 Å². The van der Waals surface area contributed by atoms with Gasteiger partial charge in [0.2, 0.25) is 0 Å². The second-order valence-electron chi connectivity index (χ2n) is 9.11. The zero-order valence-corrected chi connectivity index (χ0v) is 19.6. The lowest BCUT2D eigenvalue weighted by molar-refractivity contribution is 0.184. The van der Waals surface area contributed by atoms with E-state index in [4.69, 9.17) is 9.47 Å². The molecule has 3 heteroatoms. The first-order valence-corrected chi connectivity index (χ1v) is 12.1. The SMILES string of the molecule is COCc1c2c(-c3ccccc3)c3c(c1-c1ccccc1)CN(C3)c1ccccc1OCCC2. The molecule has 4 aromatic carbocycles. The lowest BCUT2D eigenvalue weighted by Crippen LogP contribution is -2.16. The summed E-state index contributed by atoms with van der Waals surface area (Å²) < 4.78 is 12.1. The fourth-order valence-electron chi connectivity index (χ4n) is 5.68. The molecule has 0 N–H and O–H groups in total. The highest BCUT2D eigenvalue weighted by Gasteiger charge is 2.32. The van der Waals surface area contributed by atoms with Gasteiger partial charge in [0, 0.05) is 20.2 Å². The summed E-state index contributed by atoms with van der Waals surface area (Å²) in [6.07, 6.45) is 1.91. The summed E-state index contributed by atoms with van der Waals surface area (Å²) in [5, 5.41) is 0. The van der Waals surface area contributed by atoms with Gasteiger partial charge in [-0.25, -0.2) is 0 Å². The van der Waals surface area contributed by atoms with E-state index in [1.807, 2.05) is 7.11 Å². The molecule has 2 heterocycles. The number of methoxy groups -OCH3 is 1. The van der Waals surface area contributed by atoms with Gasteiger partial charge in [-0.3, -0.25) is 0 Å². The molecule has 0 fully saturated rings. The van der Waals surface area contributed by atoms with Crippen LogP contribution in [0.25, 0.3) is 22.3 Å². The Morgan fingerprint density at radius 1 is 0.735 bits per heavy atom. The van der Waals surface area contributed by atoms with Crippen molar-refractivity contribution in [3.05, 3.63) is 107 Å². The Kier molecular flexibility index (Phi) is 5.56. The quantitative estimate of drug-likeness (QED) is 0.336. The molecule has 3 nitrogen and oxygen atoms in total. The predicted molar refractivity (Wildman–Crippen MR) is 138 cm³/mol. The molecule has 0 aromatic heterocycles. The Hall–Kier alpha value is -3.56. The van der Waals surface area contributed by atoms with E-state index < -0.39 is 0 Å². The molecular weight excluding hydrogens is 418 g/mol.